The predicted octanol–water partition coefficient (Wildman–Crippen LogP) is 4.16. The van der Waals surface area contributed by atoms with Crippen molar-refractivity contribution < 1.29 is 10.0 Å². The second kappa shape index (κ2) is 8.11. The molecule has 0 aliphatic rings. The zero-order valence-electron chi connectivity index (χ0n) is 14.5. The number of aliphatic hydroxyl groups is 1. The second-order valence-corrected chi connectivity index (χ2v) is 6.41. The summed E-state index contributed by atoms with van der Waals surface area (Å²) in [6.45, 7) is 2.05. The Morgan fingerprint density at radius 2 is 1.93 bits per heavy atom. The topological polar surface area (TPSA) is 101 Å². The zero-order chi connectivity index (χ0) is 19.4. The number of aryl methyl sites for hydroxylation is 1. The smallest absolute Gasteiger partial charge is 0.270 e. The normalized spacial score (nSPS) is 11.8. The van der Waals surface area contributed by atoms with Crippen LogP contribution in [0.1, 0.15) is 17.4 Å². The Morgan fingerprint density at radius 1 is 1.19 bits per heavy atom. The van der Waals surface area contributed by atoms with Crippen LogP contribution in [0.2, 0.25) is 5.02 Å². The van der Waals surface area contributed by atoms with Gasteiger partial charge in [0.1, 0.15) is 5.82 Å². The number of non-ortho nitro benzene ring substituents is 1. The molecule has 2 aromatic carbocycles. The predicted molar refractivity (Wildman–Crippen MR) is 104 cm³/mol. The van der Waals surface area contributed by atoms with Gasteiger partial charge in [0.05, 0.1) is 11.0 Å². The van der Waals surface area contributed by atoms with Crippen LogP contribution in [-0.2, 0) is 0 Å². The number of aliphatic hydroxyl groups excluding tert-OH is 1. The van der Waals surface area contributed by atoms with E-state index in [1.807, 2.05) is 6.92 Å². The van der Waals surface area contributed by atoms with Gasteiger partial charge in [-0.15, -0.1) is 0 Å². The fourth-order valence-corrected chi connectivity index (χ4v) is 2.68. The average Bonchev–Trinajstić information content (AvgIpc) is 2.66. The molecular formula is C19H17ClN4O3. The van der Waals surface area contributed by atoms with Crippen molar-refractivity contribution in [2.45, 2.75) is 13.0 Å². The Balaban J connectivity index is 1.78. The maximum atomic E-state index is 11.0. The summed E-state index contributed by atoms with van der Waals surface area (Å²) >= 11 is 5.86. The fourth-order valence-electron chi connectivity index (χ4n) is 2.55. The molecule has 1 aromatic heterocycles. The van der Waals surface area contributed by atoms with E-state index in [1.54, 1.807) is 42.5 Å². The van der Waals surface area contributed by atoms with Crippen LogP contribution in [0.3, 0.4) is 0 Å². The van der Waals surface area contributed by atoms with Gasteiger partial charge in [0.15, 0.2) is 5.82 Å². The Hall–Kier alpha value is -3.03. The molecule has 0 fully saturated rings. The lowest BCUT2D eigenvalue weighted by atomic mass is 10.1. The Bertz CT molecular complexity index is 963. The Kier molecular flexibility index (Phi) is 5.63. The third-order valence-corrected chi connectivity index (χ3v) is 4.15. The summed E-state index contributed by atoms with van der Waals surface area (Å²) in [6, 6.07) is 14.9. The molecule has 27 heavy (non-hydrogen) atoms. The number of halogens is 1. The van der Waals surface area contributed by atoms with Gasteiger partial charge in [-0.05, 0) is 24.6 Å². The first kappa shape index (κ1) is 18.8. The molecule has 3 rings (SSSR count). The maximum absolute atomic E-state index is 11.0. The quantitative estimate of drug-likeness (QED) is 0.488. The molecule has 1 unspecified atom stereocenters. The van der Waals surface area contributed by atoms with E-state index in [1.165, 1.54) is 12.1 Å². The summed E-state index contributed by atoms with van der Waals surface area (Å²) in [4.78, 5) is 19.3. The highest BCUT2D eigenvalue weighted by molar-refractivity contribution is 6.30. The standard InChI is InChI=1S/C19H17ClN4O3/c1-12-9-18(21-11-17(25)13-5-7-15(20)8-6-13)23-19(22-12)14-3-2-4-16(10-14)24(26)27/h2-10,17,25H,11H2,1H3,(H,21,22,23). The minimum atomic E-state index is -0.737. The molecule has 0 spiro atoms. The van der Waals surface area contributed by atoms with Crippen LogP contribution in [0.5, 0.6) is 0 Å². The van der Waals surface area contributed by atoms with Gasteiger partial charge >= 0.3 is 0 Å². The lowest BCUT2D eigenvalue weighted by Gasteiger charge is -2.14. The van der Waals surface area contributed by atoms with Crippen molar-refractivity contribution in [1.82, 2.24) is 9.97 Å². The van der Waals surface area contributed by atoms with Gasteiger partial charge in [-0.1, -0.05) is 35.9 Å². The number of nitrogens with zero attached hydrogens (tertiary/aromatic N) is 3. The van der Waals surface area contributed by atoms with Gasteiger partial charge in [-0.3, -0.25) is 10.1 Å². The first-order valence-electron chi connectivity index (χ1n) is 8.20. The number of benzene rings is 2. The molecule has 0 bridgehead atoms. The molecule has 7 nitrogen and oxygen atoms in total. The van der Waals surface area contributed by atoms with Crippen LogP contribution in [0.4, 0.5) is 11.5 Å². The van der Waals surface area contributed by atoms with Crippen molar-refractivity contribution in [3.63, 3.8) is 0 Å². The minimum Gasteiger partial charge on any atom is -0.387 e. The van der Waals surface area contributed by atoms with Gasteiger partial charge in [-0.25, -0.2) is 9.97 Å². The van der Waals surface area contributed by atoms with Crippen LogP contribution in [0.15, 0.2) is 54.6 Å². The number of hydrogen-bond donors (Lipinski definition) is 2. The second-order valence-electron chi connectivity index (χ2n) is 5.97. The molecule has 2 N–H and O–H groups in total. The van der Waals surface area contributed by atoms with Crippen molar-refractivity contribution in [2.75, 3.05) is 11.9 Å². The highest BCUT2D eigenvalue weighted by Gasteiger charge is 2.12. The first-order valence-corrected chi connectivity index (χ1v) is 8.58. The van der Waals surface area contributed by atoms with Gasteiger partial charge in [0.25, 0.3) is 5.69 Å². The number of rotatable bonds is 6. The molecule has 0 aliphatic carbocycles. The number of anilines is 1. The first-order chi connectivity index (χ1) is 12.9. The monoisotopic (exact) mass is 384 g/mol. The highest BCUT2D eigenvalue weighted by Crippen LogP contribution is 2.23. The summed E-state index contributed by atoms with van der Waals surface area (Å²) in [5.74, 6) is 0.902. The van der Waals surface area contributed by atoms with Gasteiger partial charge < -0.3 is 10.4 Å². The third kappa shape index (κ3) is 4.78. The van der Waals surface area contributed by atoms with Crippen LogP contribution >= 0.6 is 11.6 Å². The lowest BCUT2D eigenvalue weighted by Crippen LogP contribution is -2.13. The van der Waals surface area contributed by atoms with Crippen molar-refractivity contribution >= 4 is 23.1 Å². The van der Waals surface area contributed by atoms with E-state index in [2.05, 4.69) is 15.3 Å². The molecule has 0 radical (unpaired) electrons. The van der Waals surface area contributed by atoms with Gasteiger partial charge in [-0.2, -0.15) is 0 Å². The van der Waals surface area contributed by atoms with Crippen molar-refractivity contribution in [1.29, 1.82) is 0 Å². The Morgan fingerprint density at radius 3 is 2.63 bits per heavy atom. The fraction of sp³-hybridized carbons (Fsp3) is 0.158. The summed E-state index contributed by atoms with van der Waals surface area (Å²) in [5, 5.41) is 25.0. The number of nitro benzene ring substituents is 1. The van der Waals surface area contributed by atoms with E-state index in [0.29, 0.717) is 27.9 Å². The molecule has 1 atom stereocenters. The summed E-state index contributed by atoms with van der Waals surface area (Å²) in [5.41, 5.74) is 1.96. The van der Waals surface area contributed by atoms with Crippen LogP contribution in [0, 0.1) is 17.0 Å². The van der Waals surface area contributed by atoms with Gasteiger partial charge in [0.2, 0.25) is 0 Å². The molecular weight excluding hydrogens is 368 g/mol. The van der Waals surface area contributed by atoms with Crippen molar-refractivity contribution in [2.24, 2.45) is 0 Å². The van der Waals surface area contributed by atoms with E-state index in [4.69, 9.17) is 11.6 Å². The molecule has 0 aliphatic heterocycles. The van der Waals surface area contributed by atoms with E-state index in [9.17, 15) is 15.2 Å². The molecule has 1 heterocycles. The summed E-state index contributed by atoms with van der Waals surface area (Å²) in [6.07, 6.45) is -0.737. The number of hydrogen-bond acceptors (Lipinski definition) is 6. The average molecular weight is 385 g/mol. The van der Waals surface area contributed by atoms with Crippen LogP contribution in [0.25, 0.3) is 11.4 Å². The minimum absolute atomic E-state index is 0.0229. The van der Waals surface area contributed by atoms with Crippen molar-refractivity contribution in [3.8, 4) is 11.4 Å². The molecule has 8 heteroatoms. The largest absolute Gasteiger partial charge is 0.387 e. The lowest BCUT2D eigenvalue weighted by molar-refractivity contribution is -0.384. The highest BCUT2D eigenvalue weighted by atomic mass is 35.5. The zero-order valence-corrected chi connectivity index (χ0v) is 15.2. The number of nitrogens with one attached hydrogen (secondary N) is 1. The van der Waals surface area contributed by atoms with Crippen molar-refractivity contribution in [3.05, 3.63) is 81.0 Å². The Labute approximate surface area is 160 Å². The van der Waals surface area contributed by atoms with E-state index in [0.717, 1.165) is 5.56 Å². The molecule has 0 saturated carbocycles. The summed E-state index contributed by atoms with van der Waals surface area (Å²) < 4.78 is 0. The van der Waals surface area contributed by atoms with Crippen LogP contribution in [-0.4, -0.2) is 26.5 Å². The maximum Gasteiger partial charge on any atom is 0.270 e. The molecule has 0 saturated heterocycles. The van der Waals surface area contributed by atoms with E-state index in [-0.39, 0.29) is 12.2 Å². The molecule has 3 aromatic rings. The van der Waals surface area contributed by atoms with Gasteiger partial charge in [0, 0.05) is 41.0 Å². The number of nitro groups is 1. The van der Waals surface area contributed by atoms with E-state index < -0.39 is 11.0 Å². The SMILES string of the molecule is Cc1cc(NCC(O)c2ccc(Cl)cc2)nc(-c2cccc([N+](=O)[O-])c2)n1. The molecule has 138 valence electrons. The number of aromatic nitrogens is 2. The van der Waals surface area contributed by atoms with E-state index >= 15 is 0 Å². The molecule has 0 amide bonds. The summed E-state index contributed by atoms with van der Waals surface area (Å²) in [7, 11) is 0. The third-order valence-electron chi connectivity index (χ3n) is 3.90. The van der Waals surface area contributed by atoms with Crippen LogP contribution < -0.4 is 5.32 Å².